The Morgan fingerprint density at radius 2 is 1.95 bits per heavy atom. The number of sulfonamides is 1. The average molecular weight is 329 g/mol. The van der Waals surface area contributed by atoms with Gasteiger partial charge in [-0.05, 0) is 35.9 Å². The van der Waals surface area contributed by atoms with Crippen LogP contribution in [0.4, 0.5) is 10.1 Å². The third-order valence-electron chi connectivity index (χ3n) is 2.96. The van der Waals surface area contributed by atoms with Gasteiger partial charge in [0.05, 0.1) is 5.69 Å². The van der Waals surface area contributed by atoms with Crippen molar-refractivity contribution in [3.63, 3.8) is 0 Å². The molecule has 0 fully saturated rings. The molecule has 4 nitrogen and oxygen atoms in total. The molecule has 0 radical (unpaired) electrons. The Morgan fingerprint density at radius 1 is 1.24 bits per heavy atom. The molecule has 0 aromatic heterocycles. The first kappa shape index (κ1) is 15.8. The van der Waals surface area contributed by atoms with Crippen molar-refractivity contribution in [3.8, 4) is 0 Å². The van der Waals surface area contributed by atoms with Gasteiger partial charge in [0.15, 0.2) is 0 Å². The van der Waals surface area contributed by atoms with Crippen LogP contribution in [-0.2, 0) is 16.6 Å². The first-order valence-corrected chi connectivity index (χ1v) is 7.88. The van der Waals surface area contributed by atoms with Crippen LogP contribution in [0, 0.1) is 5.82 Å². The maximum absolute atomic E-state index is 13.1. The highest BCUT2D eigenvalue weighted by molar-refractivity contribution is 7.89. The zero-order valence-electron chi connectivity index (χ0n) is 11.3. The molecule has 0 atom stereocenters. The monoisotopic (exact) mass is 328 g/mol. The van der Waals surface area contributed by atoms with Gasteiger partial charge in [0.1, 0.15) is 10.7 Å². The van der Waals surface area contributed by atoms with Crippen LogP contribution in [0.15, 0.2) is 47.4 Å². The number of hydrogen-bond donors (Lipinski definition) is 1. The zero-order chi connectivity index (χ0) is 15.6. The number of nitrogen functional groups attached to an aromatic ring is 1. The highest BCUT2D eigenvalue weighted by Crippen LogP contribution is 2.26. The normalized spacial score (nSPS) is 11.8. The summed E-state index contributed by atoms with van der Waals surface area (Å²) in [6, 6.07) is 10.0. The fourth-order valence-corrected chi connectivity index (χ4v) is 3.41. The van der Waals surface area contributed by atoms with Gasteiger partial charge < -0.3 is 5.73 Å². The molecule has 0 amide bonds. The van der Waals surface area contributed by atoms with Crippen LogP contribution in [0.5, 0.6) is 0 Å². The highest BCUT2D eigenvalue weighted by atomic mass is 35.5. The van der Waals surface area contributed by atoms with Crippen LogP contribution in [0.2, 0.25) is 5.02 Å². The van der Waals surface area contributed by atoms with E-state index in [4.69, 9.17) is 17.3 Å². The molecule has 21 heavy (non-hydrogen) atoms. The summed E-state index contributed by atoms with van der Waals surface area (Å²) in [6.45, 7) is 0.0338. The average Bonchev–Trinajstić information content (AvgIpc) is 2.41. The van der Waals surface area contributed by atoms with E-state index >= 15 is 0 Å². The quantitative estimate of drug-likeness (QED) is 0.878. The van der Waals surface area contributed by atoms with Gasteiger partial charge in [-0.2, -0.15) is 4.31 Å². The van der Waals surface area contributed by atoms with Crippen molar-refractivity contribution < 1.29 is 12.8 Å². The number of rotatable bonds is 4. The second-order valence-corrected chi connectivity index (χ2v) is 7.02. The molecule has 2 N–H and O–H groups in total. The van der Waals surface area contributed by atoms with Crippen molar-refractivity contribution in [2.75, 3.05) is 12.8 Å². The van der Waals surface area contributed by atoms with E-state index in [0.29, 0.717) is 5.56 Å². The van der Waals surface area contributed by atoms with Gasteiger partial charge in [0, 0.05) is 18.6 Å². The van der Waals surface area contributed by atoms with Crippen LogP contribution < -0.4 is 5.73 Å². The summed E-state index contributed by atoms with van der Waals surface area (Å²) < 4.78 is 39.2. The van der Waals surface area contributed by atoms with Crippen molar-refractivity contribution in [2.45, 2.75) is 11.4 Å². The molecule has 2 aromatic rings. The Balaban J connectivity index is 2.33. The lowest BCUT2D eigenvalue weighted by molar-refractivity contribution is 0.466. The van der Waals surface area contributed by atoms with Gasteiger partial charge >= 0.3 is 0 Å². The SMILES string of the molecule is CN(Cc1cccc(F)c1)S(=O)(=O)c1cc(Cl)ccc1N. The minimum atomic E-state index is -3.80. The number of nitrogens with two attached hydrogens (primary N) is 1. The topological polar surface area (TPSA) is 63.4 Å². The maximum atomic E-state index is 13.1. The van der Waals surface area contributed by atoms with E-state index in [9.17, 15) is 12.8 Å². The number of hydrogen-bond acceptors (Lipinski definition) is 3. The zero-order valence-corrected chi connectivity index (χ0v) is 12.8. The first-order chi connectivity index (χ1) is 9.80. The smallest absolute Gasteiger partial charge is 0.245 e. The Kier molecular flexibility index (Phi) is 4.51. The van der Waals surface area contributed by atoms with Crippen LogP contribution >= 0.6 is 11.6 Å². The Hall–Kier alpha value is -1.63. The largest absolute Gasteiger partial charge is 0.398 e. The van der Waals surface area contributed by atoms with E-state index in [1.165, 1.54) is 43.4 Å². The second-order valence-electron chi connectivity index (χ2n) is 4.57. The lowest BCUT2D eigenvalue weighted by Gasteiger charge is -2.18. The molecule has 0 saturated carbocycles. The maximum Gasteiger partial charge on any atom is 0.245 e. The fraction of sp³-hybridized carbons (Fsp3) is 0.143. The van der Waals surface area contributed by atoms with Crippen molar-refractivity contribution in [1.82, 2.24) is 4.31 Å². The summed E-state index contributed by atoms with van der Waals surface area (Å²) in [5, 5.41) is 0.280. The van der Waals surface area contributed by atoms with Crippen LogP contribution in [0.25, 0.3) is 0 Å². The minimum absolute atomic E-state index is 0.0338. The number of nitrogens with zero attached hydrogens (tertiary/aromatic N) is 1. The van der Waals surface area contributed by atoms with E-state index in [1.54, 1.807) is 6.07 Å². The summed E-state index contributed by atoms with van der Waals surface area (Å²) in [5.41, 5.74) is 6.37. The van der Waals surface area contributed by atoms with E-state index in [2.05, 4.69) is 0 Å². The molecule has 0 spiro atoms. The van der Waals surface area contributed by atoms with Crippen molar-refractivity contribution in [1.29, 1.82) is 0 Å². The number of anilines is 1. The Bertz CT molecular complexity index is 765. The van der Waals surface area contributed by atoms with Crippen molar-refractivity contribution in [2.24, 2.45) is 0 Å². The Morgan fingerprint density at radius 3 is 2.62 bits per heavy atom. The molecule has 0 aliphatic carbocycles. The standard InChI is InChI=1S/C14H14ClFN2O2S/c1-18(9-10-3-2-4-12(16)7-10)21(19,20)14-8-11(15)5-6-13(14)17/h2-8H,9,17H2,1H3. The molecule has 0 heterocycles. The number of halogens is 2. The molecular weight excluding hydrogens is 315 g/mol. The molecule has 0 unspecified atom stereocenters. The molecule has 0 saturated heterocycles. The third-order valence-corrected chi connectivity index (χ3v) is 5.05. The molecule has 112 valence electrons. The third kappa shape index (κ3) is 3.53. The fourth-order valence-electron chi connectivity index (χ4n) is 1.88. The predicted octanol–water partition coefficient (Wildman–Crippen LogP) is 2.88. The second kappa shape index (κ2) is 6.01. The first-order valence-electron chi connectivity index (χ1n) is 6.06. The van der Waals surface area contributed by atoms with Gasteiger partial charge in [-0.25, -0.2) is 12.8 Å². The summed E-state index contributed by atoms with van der Waals surface area (Å²) in [4.78, 5) is -0.0612. The van der Waals surface area contributed by atoms with Gasteiger partial charge in [-0.3, -0.25) is 0 Å². The van der Waals surface area contributed by atoms with E-state index in [-0.39, 0.29) is 22.2 Å². The molecule has 2 aromatic carbocycles. The van der Waals surface area contributed by atoms with Crippen LogP contribution in [-0.4, -0.2) is 19.8 Å². The lowest BCUT2D eigenvalue weighted by atomic mass is 10.2. The van der Waals surface area contributed by atoms with E-state index in [1.807, 2.05) is 0 Å². The molecular formula is C14H14ClFN2O2S. The molecule has 0 aliphatic heterocycles. The van der Waals surface area contributed by atoms with Crippen molar-refractivity contribution >= 4 is 27.3 Å². The lowest BCUT2D eigenvalue weighted by Crippen LogP contribution is -2.27. The molecule has 0 aliphatic rings. The Labute approximate surface area is 128 Å². The van der Waals surface area contributed by atoms with Gasteiger partial charge in [-0.15, -0.1) is 0 Å². The van der Waals surface area contributed by atoms with Crippen LogP contribution in [0.3, 0.4) is 0 Å². The summed E-state index contributed by atoms with van der Waals surface area (Å²) in [6.07, 6.45) is 0. The molecule has 2 rings (SSSR count). The number of benzene rings is 2. The summed E-state index contributed by atoms with van der Waals surface area (Å²) in [5.74, 6) is -0.416. The van der Waals surface area contributed by atoms with Gasteiger partial charge in [0.2, 0.25) is 10.0 Å². The predicted molar refractivity (Wildman–Crippen MR) is 80.9 cm³/mol. The van der Waals surface area contributed by atoms with Crippen LogP contribution in [0.1, 0.15) is 5.56 Å². The molecule has 0 bridgehead atoms. The van der Waals surface area contributed by atoms with E-state index < -0.39 is 15.8 Å². The van der Waals surface area contributed by atoms with Gasteiger partial charge in [0.25, 0.3) is 0 Å². The highest BCUT2D eigenvalue weighted by Gasteiger charge is 2.23. The van der Waals surface area contributed by atoms with Crippen molar-refractivity contribution in [3.05, 3.63) is 58.9 Å². The van der Waals surface area contributed by atoms with Gasteiger partial charge in [-0.1, -0.05) is 23.7 Å². The molecule has 7 heteroatoms. The minimum Gasteiger partial charge on any atom is -0.398 e. The summed E-state index contributed by atoms with van der Waals surface area (Å²) >= 11 is 5.82. The van der Waals surface area contributed by atoms with E-state index in [0.717, 1.165) is 4.31 Å². The summed E-state index contributed by atoms with van der Waals surface area (Å²) in [7, 11) is -2.40.